The minimum absolute atomic E-state index is 0.196. The van der Waals surface area contributed by atoms with Crippen LogP contribution in [0.3, 0.4) is 0 Å². The van der Waals surface area contributed by atoms with Gasteiger partial charge in [0.2, 0.25) is 0 Å². The summed E-state index contributed by atoms with van der Waals surface area (Å²) in [4.78, 5) is 11.5. The Bertz CT molecular complexity index is 563. The third-order valence-electron chi connectivity index (χ3n) is 2.29. The third-order valence-corrected chi connectivity index (χ3v) is 2.95. The number of halogens is 2. The lowest BCUT2D eigenvalue weighted by Crippen LogP contribution is -2.04. The average molecular weight is 313 g/mol. The lowest BCUT2D eigenvalue weighted by Gasteiger charge is -2.01. The van der Waals surface area contributed by atoms with Gasteiger partial charge in [-0.3, -0.25) is 5.10 Å². The molecule has 0 atom stereocenters. The van der Waals surface area contributed by atoms with Crippen LogP contribution in [0, 0.1) is 5.82 Å². The van der Waals surface area contributed by atoms with Crippen molar-refractivity contribution in [1.82, 2.24) is 10.2 Å². The number of aromatic nitrogens is 2. The van der Waals surface area contributed by atoms with E-state index in [1.807, 2.05) is 0 Å². The van der Waals surface area contributed by atoms with Crippen LogP contribution in [0.15, 0.2) is 28.7 Å². The van der Waals surface area contributed by atoms with Crippen LogP contribution in [0.2, 0.25) is 0 Å². The number of carbonyl (C=O) groups excluding carboxylic acids is 1. The molecule has 2 aromatic rings. The number of rotatable bonds is 3. The summed E-state index contributed by atoms with van der Waals surface area (Å²) < 4.78 is 19.1. The minimum Gasteiger partial charge on any atom is -0.461 e. The quantitative estimate of drug-likeness (QED) is 0.886. The van der Waals surface area contributed by atoms with Crippen LogP contribution in [0.1, 0.15) is 17.4 Å². The van der Waals surface area contributed by atoms with E-state index in [-0.39, 0.29) is 12.3 Å². The summed E-state index contributed by atoms with van der Waals surface area (Å²) in [6, 6.07) is 6.08. The molecule has 0 fully saturated rings. The Hall–Kier alpha value is -1.69. The van der Waals surface area contributed by atoms with Crippen molar-refractivity contribution in [1.29, 1.82) is 0 Å². The van der Waals surface area contributed by atoms with Gasteiger partial charge in [0.15, 0.2) is 0 Å². The molecule has 0 radical (unpaired) electrons. The van der Waals surface area contributed by atoms with Crippen molar-refractivity contribution in [2.75, 3.05) is 6.61 Å². The van der Waals surface area contributed by atoms with Crippen molar-refractivity contribution in [2.45, 2.75) is 6.92 Å². The standard InChI is InChI=1S/C12H10BrFN2O2/c1-2-18-12(17)10-6-9(15-16-10)11-7(13)4-3-5-8(11)14/h3-6H,2H2,1H3,(H,15,16). The predicted molar refractivity (Wildman–Crippen MR) is 67.6 cm³/mol. The Kier molecular flexibility index (Phi) is 3.76. The highest BCUT2D eigenvalue weighted by Crippen LogP contribution is 2.29. The van der Waals surface area contributed by atoms with Crippen molar-refractivity contribution < 1.29 is 13.9 Å². The molecule has 94 valence electrons. The van der Waals surface area contributed by atoms with Gasteiger partial charge in [0, 0.05) is 4.47 Å². The third kappa shape index (κ3) is 2.43. The largest absolute Gasteiger partial charge is 0.461 e. The van der Waals surface area contributed by atoms with Gasteiger partial charge >= 0.3 is 5.97 Å². The minimum atomic E-state index is -0.510. The molecule has 0 saturated heterocycles. The van der Waals surface area contributed by atoms with E-state index in [0.29, 0.717) is 15.7 Å². The Morgan fingerprint density at radius 2 is 2.33 bits per heavy atom. The van der Waals surface area contributed by atoms with Gasteiger partial charge in [-0.1, -0.05) is 6.07 Å². The van der Waals surface area contributed by atoms with Crippen LogP contribution in [-0.4, -0.2) is 22.8 Å². The Morgan fingerprint density at radius 3 is 3.00 bits per heavy atom. The highest BCUT2D eigenvalue weighted by Gasteiger charge is 2.16. The molecule has 2 rings (SSSR count). The van der Waals surface area contributed by atoms with E-state index in [2.05, 4.69) is 26.1 Å². The molecule has 1 heterocycles. The molecule has 0 aliphatic heterocycles. The molecular formula is C12H10BrFN2O2. The first kappa shape index (κ1) is 12.8. The molecule has 0 aliphatic carbocycles. The Labute approximate surface area is 111 Å². The molecule has 1 aromatic heterocycles. The smallest absolute Gasteiger partial charge is 0.356 e. The number of esters is 1. The molecule has 18 heavy (non-hydrogen) atoms. The summed E-state index contributed by atoms with van der Waals surface area (Å²) in [5.74, 6) is -0.921. The maximum absolute atomic E-state index is 13.7. The number of carbonyl (C=O) groups is 1. The van der Waals surface area contributed by atoms with Crippen LogP contribution in [0.25, 0.3) is 11.3 Å². The number of hydrogen-bond donors (Lipinski definition) is 1. The number of nitrogens with one attached hydrogen (secondary N) is 1. The first-order valence-electron chi connectivity index (χ1n) is 5.30. The lowest BCUT2D eigenvalue weighted by atomic mass is 10.1. The van der Waals surface area contributed by atoms with Gasteiger partial charge in [-0.15, -0.1) is 0 Å². The van der Waals surface area contributed by atoms with Crippen molar-refractivity contribution in [2.24, 2.45) is 0 Å². The molecule has 0 spiro atoms. The normalized spacial score (nSPS) is 10.4. The maximum atomic E-state index is 13.7. The molecule has 1 N–H and O–H groups in total. The number of nitrogens with zero attached hydrogens (tertiary/aromatic N) is 1. The van der Waals surface area contributed by atoms with Crippen LogP contribution in [0.5, 0.6) is 0 Å². The van der Waals surface area contributed by atoms with E-state index in [1.165, 1.54) is 12.1 Å². The molecule has 0 amide bonds. The van der Waals surface area contributed by atoms with Crippen molar-refractivity contribution in [3.63, 3.8) is 0 Å². The van der Waals surface area contributed by atoms with Crippen molar-refractivity contribution in [3.8, 4) is 11.3 Å². The van der Waals surface area contributed by atoms with Gasteiger partial charge in [0.25, 0.3) is 0 Å². The summed E-state index contributed by atoms with van der Waals surface area (Å²) in [5, 5.41) is 6.45. The molecule has 0 unspecified atom stereocenters. The first-order valence-corrected chi connectivity index (χ1v) is 6.09. The van der Waals surface area contributed by atoms with Crippen molar-refractivity contribution in [3.05, 3.63) is 40.2 Å². The lowest BCUT2D eigenvalue weighted by molar-refractivity contribution is 0.0519. The number of aromatic amines is 1. The Balaban J connectivity index is 2.38. The van der Waals surface area contributed by atoms with Gasteiger partial charge in [0.05, 0.1) is 17.9 Å². The van der Waals surface area contributed by atoms with Gasteiger partial charge in [-0.2, -0.15) is 5.10 Å². The van der Waals surface area contributed by atoms with Gasteiger partial charge in [-0.05, 0) is 41.1 Å². The molecular weight excluding hydrogens is 303 g/mol. The van der Waals surface area contributed by atoms with Gasteiger partial charge < -0.3 is 4.74 Å². The molecule has 4 nitrogen and oxygen atoms in total. The fourth-order valence-corrected chi connectivity index (χ4v) is 2.05. The fraction of sp³-hybridized carbons (Fsp3) is 0.167. The predicted octanol–water partition coefficient (Wildman–Crippen LogP) is 3.16. The number of H-pyrrole nitrogens is 1. The SMILES string of the molecule is CCOC(=O)c1cc(-c2c(F)cccc2Br)n[nH]1. The van der Waals surface area contributed by atoms with E-state index in [0.717, 1.165) is 0 Å². The van der Waals surface area contributed by atoms with E-state index in [9.17, 15) is 9.18 Å². The zero-order chi connectivity index (χ0) is 13.1. The summed E-state index contributed by atoms with van der Waals surface area (Å²) in [7, 11) is 0. The fourth-order valence-electron chi connectivity index (χ4n) is 1.51. The molecule has 1 aromatic carbocycles. The molecule has 6 heteroatoms. The van der Waals surface area contributed by atoms with Gasteiger partial charge in [0.1, 0.15) is 11.5 Å². The van der Waals surface area contributed by atoms with Gasteiger partial charge in [-0.25, -0.2) is 9.18 Å². The highest BCUT2D eigenvalue weighted by atomic mass is 79.9. The number of benzene rings is 1. The number of hydrogen-bond acceptors (Lipinski definition) is 3. The van der Waals surface area contributed by atoms with E-state index >= 15 is 0 Å². The van der Waals surface area contributed by atoms with Crippen LogP contribution in [0.4, 0.5) is 4.39 Å². The van der Waals surface area contributed by atoms with Crippen LogP contribution >= 0.6 is 15.9 Å². The second kappa shape index (κ2) is 5.30. The van der Waals surface area contributed by atoms with Crippen molar-refractivity contribution >= 4 is 21.9 Å². The van der Waals surface area contributed by atoms with Crippen LogP contribution in [-0.2, 0) is 4.74 Å². The summed E-state index contributed by atoms with van der Waals surface area (Å²) >= 11 is 3.25. The van der Waals surface area contributed by atoms with E-state index in [1.54, 1.807) is 19.1 Å². The molecule has 0 saturated carbocycles. The number of ether oxygens (including phenoxy) is 1. The zero-order valence-electron chi connectivity index (χ0n) is 9.54. The maximum Gasteiger partial charge on any atom is 0.356 e. The highest BCUT2D eigenvalue weighted by molar-refractivity contribution is 9.10. The monoisotopic (exact) mass is 312 g/mol. The second-order valence-electron chi connectivity index (χ2n) is 3.48. The van der Waals surface area contributed by atoms with E-state index < -0.39 is 11.8 Å². The summed E-state index contributed by atoms with van der Waals surface area (Å²) in [6.07, 6.45) is 0. The first-order chi connectivity index (χ1) is 8.63. The average Bonchev–Trinajstić information content (AvgIpc) is 2.78. The topological polar surface area (TPSA) is 55.0 Å². The van der Waals surface area contributed by atoms with E-state index in [4.69, 9.17) is 4.74 Å². The zero-order valence-corrected chi connectivity index (χ0v) is 11.1. The van der Waals surface area contributed by atoms with Crippen LogP contribution < -0.4 is 0 Å². The second-order valence-corrected chi connectivity index (χ2v) is 4.34. The molecule has 0 aliphatic rings. The summed E-state index contributed by atoms with van der Waals surface area (Å²) in [5.41, 5.74) is 0.856. The molecule has 0 bridgehead atoms. The Morgan fingerprint density at radius 1 is 1.56 bits per heavy atom. The summed E-state index contributed by atoms with van der Waals surface area (Å²) in [6.45, 7) is 1.99.